The Morgan fingerprint density at radius 2 is 1.14 bits per heavy atom. The smallest absolute Gasteiger partial charge is 0.394 e. The Kier molecular flexibility index (Phi) is 19.6. The van der Waals surface area contributed by atoms with Crippen LogP contribution in [0.2, 0.25) is 0 Å². The van der Waals surface area contributed by atoms with Crippen molar-refractivity contribution in [1.29, 1.82) is 0 Å². The summed E-state index contributed by atoms with van der Waals surface area (Å²) in [6, 6.07) is 0. The van der Waals surface area contributed by atoms with Crippen LogP contribution in [-0.2, 0) is 15.1 Å². The van der Waals surface area contributed by atoms with Gasteiger partial charge in [-0.15, -0.1) is 0 Å². The number of hydrogen-bond acceptors (Lipinski definition) is 4. The van der Waals surface area contributed by atoms with E-state index < -0.39 is 10.4 Å². The fraction of sp³-hybridized carbons (Fsp3) is 1.00. The fourth-order valence-corrected chi connectivity index (χ4v) is 1.86. The van der Waals surface area contributed by atoms with Crippen LogP contribution in [0.25, 0.3) is 0 Å². The molecular formula is C14H32O6S. The van der Waals surface area contributed by atoms with E-state index in [9.17, 15) is 0 Å². The molecule has 0 bridgehead atoms. The standard InChI is InChI=1S/C14H30O2.H2O4S/c1-2-3-4-5-6-7-8-9-10-11-13-16-14-12-15;1-5(2,3)4/h15H,2-14H2,1H3;(H2,1,2,3,4). The highest BCUT2D eigenvalue weighted by Gasteiger charge is 1.92. The Labute approximate surface area is 129 Å². The lowest BCUT2D eigenvalue weighted by Gasteiger charge is -2.03. The van der Waals surface area contributed by atoms with Crippen molar-refractivity contribution in [3.8, 4) is 0 Å². The third-order valence-electron chi connectivity index (χ3n) is 2.88. The molecule has 0 aromatic carbocycles. The average Bonchev–Trinajstić information content (AvgIpc) is 2.38. The molecule has 0 radical (unpaired) electrons. The van der Waals surface area contributed by atoms with Gasteiger partial charge >= 0.3 is 10.4 Å². The molecule has 0 aromatic heterocycles. The molecule has 21 heavy (non-hydrogen) atoms. The van der Waals surface area contributed by atoms with Gasteiger partial charge in [0.2, 0.25) is 0 Å². The van der Waals surface area contributed by atoms with E-state index >= 15 is 0 Å². The fourth-order valence-electron chi connectivity index (χ4n) is 1.86. The van der Waals surface area contributed by atoms with E-state index in [1.165, 1.54) is 57.8 Å². The molecule has 6 nitrogen and oxygen atoms in total. The zero-order chi connectivity index (χ0) is 16.4. The van der Waals surface area contributed by atoms with Gasteiger partial charge in [-0.05, 0) is 6.42 Å². The van der Waals surface area contributed by atoms with Gasteiger partial charge < -0.3 is 9.84 Å². The van der Waals surface area contributed by atoms with E-state index in [4.69, 9.17) is 27.4 Å². The number of ether oxygens (including phenoxy) is 1. The number of aliphatic hydroxyl groups is 1. The molecule has 0 unspecified atom stereocenters. The minimum Gasteiger partial charge on any atom is -0.394 e. The lowest BCUT2D eigenvalue weighted by Crippen LogP contribution is -2.00. The van der Waals surface area contributed by atoms with Crippen molar-refractivity contribution >= 4 is 10.4 Å². The van der Waals surface area contributed by atoms with Crippen molar-refractivity contribution < 1.29 is 27.4 Å². The highest BCUT2D eigenvalue weighted by Crippen LogP contribution is 2.10. The lowest BCUT2D eigenvalue weighted by molar-refractivity contribution is 0.0895. The molecule has 0 fully saturated rings. The van der Waals surface area contributed by atoms with Crippen LogP contribution in [-0.4, -0.2) is 42.5 Å². The number of unbranched alkanes of at least 4 members (excludes halogenated alkanes) is 9. The zero-order valence-corrected chi connectivity index (χ0v) is 14.0. The Morgan fingerprint density at radius 3 is 1.52 bits per heavy atom. The van der Waals surface area contributed by atoms with Gasteiger partial charge in [-0.25, -0.2) is 0 Å². The van der Waals surface area contributed by atoms with Crippen molar-refractivity contribution in [3.05, 3.63) is 0 Å². The molecule has 0 aromatic rings. The Morgan fingerprint density at radius 1 is 0.762 bits per heavy atom. The normalized spacial score (nSPS) is 11.0. The molecule has 130 valence electrons. The van der Waals surface area contributed by atoms with Crippen molar-refractivity contribution in [2.45, 2.75) is 71.1 Å². The summed E-state index contributed by atoms with van der Waals surface area (Å²) in [5.74, 6) is 0. The van der Waals surface area contributed by atoms with E-state index in [0.717, 1.165) is 13.0 Å². The largest absolute Gasteiger partial charge is 0.394 e. The average molecular weight is 328 g/mol. The van der Waals surface area contributed by atoms with Crippen LogP contribution >= 0.6 is 0 Å². The zero-order valence-electron chi connectivity index (χ0n) is 13.2. The third-order valence-corrected chi connectivity index (χ3v) is 2.88. The maximum absolute atomic E-state index is 8.74. The van der Waals surface area contributed by atoms with Crippen molar-refractivity contribution in [3.63, 3.8) is 0 Å². The summed E-state index contributed by atoms with van der Waals surface area (Å²) >= 11 is 0. The van der Waals surface area contributed by atoms with Crippen molar-refractivity contribution in [1.82, 2.24) is 0 Å². The van der Waals surface area contributed by atoms with Crippen LogP contribution < -0.4 is 0 Å². The Hall–Kier alpha value is -0.210. The maximum Gasteiger partial charge on any atom is 0.394 e. The molecule has 0 spiro atoms. The van der Waals surface area contributed by atoms with E-state index in [2.05, 4.69) is 6.92 Å². The SMILES string of the molecule is CCCCCCCCCCCCOCCO.O=S(=O)(O)O. The monoisotopic (exact) mass is 328 g/mol. The molecule has 7 heteroatoms. The minimum atomic E-state index is -4.67. The third kappa shape index (κ3) is 38.3. The maximum atomic E-state index is 8.74. The molecule has 0 aliphatic carbocycles. The van der Waals surface area contributed by atoms with E-state index in [1.807, 2.05) is 0 Å². The van der Waals surface area contributed by atoms with Gasteiger partial charge in [-0.1, -0.05) is 64.7 Å². The van der Waals surface area contributed by atoms with Crippen LogP contribution in [0.3, 0.4) is 0 Å². The van der Waals surface area contributed by atoms with Gasteiger partial charge in [-0.2, -0.15) is 8.42 Å². The predicted molar refractivity (Wildman–Crippen MR) is 83.9 cm³/mol. The van der Waals surface area contributed by atoms with Crippen LogP contribution in [0.1, 0.15) is 71.1 Å². The van der Waals surface area contributed by atoms with Gasteiger partial charge in [0.1, 0.15) is 0 Å². The first-order chi connectivity index (χ1) is 9.91. The van der Waals surface area contributed by atoms with Gasteiger partial charge in [0.15, 0.2) is 0 Å². The summed E-state index contributed by atoms with van der Waals surface area (Å²) in [4.78, 5) is 0. The topological polar surface area (TPSA) is 104 Å². The summed E-state index contributed by atoms with van der Waals surface area (Å²) in [5.41, 5.74) is 0. The molecule has 3 N–H and O–H groups in total. The molecule has 0 amide bonds. The van der Waals surface area contributed by atoms with Crippen LogP contribution in [0.4, 0.5) is 0 Å². The van der Waals surface area contributed by atoms with E-state index in [1.54, 1.807) is 0 Å². The Bertz CT molecular complexity index is 257. The molecule has 0 heterocycles. The van der Waals surface area contributed by atoms with Crippen LogP contribution in [0.15, 0.2) is 0 Å². The molecule has 0 rings (SSSR count). The summed E-state index contributed by atoms with van der Waals surface area (Å²) in [6.45, 7) is 3.73. The van der Waals surface area contributed by atoms with Gasteiger partial charge in [0, 0.05) is 6.61 Å². The second kappa shape index (κ2) is 17.8. The second-order valence-electron chi connectivity index (χ2n) is 4.97. The number of hydrogen-bond donors (Lipinski definition) is 3. The quantitative estimate of drug-likeness (QED) is 0.354. The van der Waals surface area contributed by atoms with Gasteiger partial charge in [0.25, 0.3) is 0 Å². The summed E-state index contributed by atoms with van der Waals surface area (Å²) in [6.07, 6.45) is 13.6. The van der Waals surface area contributed by atoms with Crippen molar-refractivity contribution in [2.75, 3.05) is 19.8 Å². The summed E-state index contributed by atoms with van der Waals surface area (Å²) in [7, 11) is -4.67. The number of aliphatic hydroxyl groups excluding tert-OH is 1. The van der Waals surface area contributed by atoms with Crippen LogP contribution in [0.5, 0.6) is 0 Å². The highest BCUT2D eigenvalue weighted by atomic mass is 32.3. The second-order valence-corrected chi connectivity index (χ2v) is 5.86. The van der Waals surface area contributed by atoms with Gasteiger partial charge in [-0.3, -0.25) is 9.11 Å². The van der Waals surface area contributed by atoms with Gasteiger partial charge in [0.05, 0.1) is 13.2 Å². The predicted octanol–water partition coefficient (Wildman–Crippen LogP) is 3.26. The van der Waals surface area contributed by atoms with E-state index in [0.29, 0.717) is 6.61 Å². The molecule has 0 aliphatic heterocycles. The lowest BCUT2D eigenvalue weighted by atomic mass is 10.1. The molecule has 0 aliphatic rings. The molecular weight excluding hydrogens is 296 g/mol. The molecule has 0 saturated heterocycles. The summed E-state index contributed by atoms with van der Waals surface area (Å²) in [5, 5.41) is 8.50. The molecule has 0 saturated carbocycles. The first-order valence-electron chi connectivity index (χ1n) is 7.80. The highest BCUT2D eigenvalue weighted by molar-refractivity contribution is 7.79. The molecule has 0 atom stereocenters. The Balaban J connectivity index is 0. The van der Waals surface area contributed by atoms with E-state index in [-0.39, 0.29) is 6.61 Å². The van der Waals surface area contributed by atoms with Crippen LogP contribution in [0, 0.1) is 0 Å². The van der Waals surface area contributed by atoms with Crippen molar-refractivity contribution in [2.24, 2.45) is 0 Å². The first kappa shape index (κ1) is 23.1. The number of rotatable bonds is 13. The first-order valence-corrected chi connectivity index (χ1v) is 9.20. The summed E-state index contributed by atoms with van der Waals surface area (Å²) < 4.78 is 36.8. The minimum absolute atomic E-state index is 0.151.